The van der Waals surface area contributed by atoms with Crippen LogP contribution in [0.5, 0.6) is 11.5 Å². The van der Waals surface area contributed by atoms with Crippen LogP contribution in [0.1, 0.15) is 37.7 Å². The van der Waals surface area contributed by atoms with Crippen molar-refractivity contribution >= 4 is 30.0 Å². The Labute approximate surface area is 186 Å². The van der Waals surface area contributed by atoms with Crippen molar-refractivity contribution in [2.75, 3.05) is 6.54 Å². The SMILES string of the molecule is N=C/N=C\NCC1(O)C(c2ccc(Oc3ccc(Cl)cc3)cc2)=NOC12CCCCC2. The predicted octanol–water partition coefficient (Wildman–Crippen LogP) is 4.53. The third kappa shape index (κ3) is 4.29. The maximum atomic E-state index is 11.8. The van der Waals surface area contributed by atoms with E-state index in [1.54, 1.807) is 24.3 Å². The maximum absolute atomic E-state index is 11.8. The van der Waals surface area contributed by atoms with E-state index in [1.165, 1.54) is 6.34 Å². The van der Waals surface area contributed by atoms with E-state index in [9.17, 15) is 5.11 Å². The number of oxime groups is 1. The number of aliphatic imine (C=N–C) groups is 1. The molecule has 1 heterocycles. The Balaban J connectivity index is 1.56. The molecule has 3 N–H and O–H groups in total. The van der Waals surface area contributed by atoms with Gasteiger partial charge in [-0.3, -0.25) is 5.41 Å². The number of benzene rings is 2. The highest BCUT2D eigenvalue weighted by Crippen LogP contribution is 2.46. The van der Waals surface area contributed by atoms with E-state index in [1.807, 2.05) is 24.3 Å². The van der Waals surface area contributed by atoms with Crippen LogP contribution in [0, 0.1) is 5.41 Å². The number of nitrogens with zero attached hydrogens (tertiary/aromatic N) is 2. The van der Waals surface area contributed by atoms with Gasteiger partial charge in [-0.2, -0.15) is 0 Å². The number of hydrogen-bond acceptors (Lipinski definition) is 5. The maximum Gasteiger partial charge on any atom is 0.173 e. The van der Waals surface area contributed by atoms with E-state index >= 15 is 0 Å². The van der Waals surface area contributed by atoms with Gasteiger partial charge in [0.05, 0.1) is 12.9 Å². The fourth-order valence-electron chi connectivity index (χ4n) is 4.27. The summed E-state index contributed by atoms with van der Waals surface area (Å²) in [5.41, 5.74) is -0.827. The number of nitrogens with one attached hydrogen (secondary N) is 2. The lowest BCUT2D eigenvalue weighted by Gasteiger charge is -2.42. The molecule has 1 atom stereocenters. The minimum absolute atomic E-state index is 0.187. The molecule has 0 saturated heterocycles. The Morgan fingerprint density at radius 3 is 2.39 bits per heavy atom. The first-order valence-electron chi connectivity index (χ1n) is 10.3. The second-order valence-electron chi connectivity index (χ2n) is 7.81. The standard InChI is InChI=1S/C23H25ClN4O3/c24-18-6-10-20(11-7-18)30-19-8-4-17(5-9-19)21-23(29,14-26-16-27-15-25)22(31-28-21)12-2-1-3-13-22/h4-11,15-16,29H,1-3,12-14H2,(H2,25,26,27). The molecular formula is C23H25ClN4O3. The second kappa shape index (κ2) is 9.08. The highest BCUT2D eigenvalue weighted by Gasteiger charge is 2.60. The monoisotopic (exact) mass is 440 g/mol. The number of rotatable bonds is 7. The van der Waals surface area contributed by atoms with E-state index in [0.29, 0.717) is 22.2 Å². The lowest BCUT2D eigenvalue weighted by Crippen LogP contribution is -2.62. The number of halogens is 1. The fourth-order valence-corrected chi connectivity index (χ4v) is 4.39. The highest BCUT2D eigenvalue weighted by molar-refractivity contribution is 6.30. The van der Waals surface area contributed by atoms with Crippen LogP contribution in [-0.2, 0) is 4.84 Å². The van der Waals surface area contributed by atoms with Gasteiger partial charge in [0.1, 0.15) is 23.5 Å². The molecule has 4 rings (SSSR count). The first-order valence-corrected chi connectivity index (χ1v) is 10.7. The Kier molecular flexibility index (Phi) is 6.25. The molecule has 1 fully saturated rings. The Bertz CT molecular complexity index is 969. The molecular weight excluding hydrogens is 416 g/mol. The van der Waals surface area contributed by atoms with Gasteiger partial charge < -0.3 is 20.0 Å². The normalized spacial score (nSPS) is 22.2. The molecule has 162 valence electrons. The summed E-state index contributed by atoms with van der Waals surface area (Å²) in [4.78, 5) is 9.66. The van der Waals surface area contributed by atoms with Crippen molar-refractivity contribution in [3.05, 3.63) is 59.1 Å². The zero-order valence-corrected chi connectivity index (χ0v) is 17.8. The van der Waals surface area contributed by atoms with Gasteiger partial charge >= 0.3 is 0 Å². The minimum Gasteiger partial charge on any atom is -0.457 e. The molecule has 7 nitrogen and oxygen atoms in total. The average Bonchev–Trinajstić information content (AvgIpc) is 3.06. The van der Waals surface area contributed by atoms with E-state index < -0.39 is 11.2 Å². The van der Waals surface area contributed by atoms with Crippen LogP contribution >= 0.6 is 11.6 Å². The predicted molar refractivity (Wildman–Crippen MR) is 122 cm³/mol. The van der Waals surface area contributed by atoms with Gasteiger partial charge in [-0.15, -0.1) is 0 Å². The number of hydrogen-bond donors (Lipinski definition) is 3. The molecule has 1 unspecified atom stereocenters. The minimum atomic E-state index is -1.32. The summed E-state index contributed by atoms with van der Waals surface area (Å²) in [5.74, 6) is 1.35. The van der Waals surface area contributed by atoms with Crippen LogP contribution in [0.25, 0.3) is 0 Å². The number of ether oxygens (including phenoxy) is 1. The fraction of sp³-hybridized carbons (Fsp3) is 0.348. The molecule has 1 aliphatic heterocycles. The van der Waals surface area contributed by atoms with Crippen LogP contribution in [0.2, 0.25) is 5.02 Å². The van der Waals surface area contributed by atoms with Crippen molar-refractivity contribution in [1.29, 1.82) is 5.41 Å². The topological polar surface area (TPSA) is 99.3 Å². The molecule has 1 aliphatic carbocycles. The van der Waals surface area contributed by atoms with Crippen LogP contribution in [0.4, 0.5) is 0 Å². The summed E-state index contributed by atoms with van der Waals surface area (Å²) in [6, 6.07) is 14.6. The van der Waals surface area contributed by atoms with Crippen LogP contribution in [-0.4, -0.2) is 41.2 Å². The van der Waals surface area contributed by atoms with E-state index in [4.69, 9.17) is 26.6 Å². The highest BCUT2D eigenvalue weighted by atomic mass is 35.5. The lowest BCUT2D eigenvalue weighted by atomic mass is 9.69. The average molecular weight is 441 g/mol. The van der Waals surface area contributed by atoms with E-state index in [2.05, 4.69) is 15.5 Å². The van der Waals surface area contributed by atoms with Crippen LogP contribution < -0.4 is 10.1 Å². The van der Waals surface area contributed by atoms with Gasteiger partial charge in [-0.05, 0) is 74.2 Å². The van der Waals surface area contributed by atoms with Crippen molar-refractivity contribution in [1.82, 2.24) is 5.32 Å². The van der Waals surface area contributed by atoms with Crippen molar-refractivity contribution in [2.45, 2.75) is 43.3 Å². The third-order valence-corrected chi connectivity index (χ3v) is 6.15. The first-order chi connectivity index (χ1) is 15.1. The zero-order valence-electron chi connectivity index (χ0n) is 17.1. The zero-order chi connectivity index (χ0) is 21.7. The van der Waals surface area contributed by atoms with Gasteiger partial charge in [0, 0.05) is 10.6 Å². The van der Waals surface area contributed by atoms with Crippen LogP contribution in [0.15, 0.2) is 58.7 Å². The number of aliphatic hydroxyl groups is 1. The molecule has 1 spiro atoms. The molecule has 8 heteroatoms. The molecule has 31 heavy (non-hydrogen) atoms. The summed E-state index contributed by atoms with van der Waals surface area (Å²) < 4.78 is 5.86. The molecule has 0 bridgehead atoms. The van der Waals surface area contributed by atoms with E-state index in [-0.39, 0.29) is 6.54 Å². The van der Waals surface area contributed by atoms with Gasteiger partial charge in [-0.25, -0.2) is 4.99 Å². The summed E-state index contributed by atoms with van der Waals surface area (Å²) in [6.45, 7) is 0.187. The summed E-state index contributed by atoms with van der Waals surface area (Å²) in [7, 11) is 0. The van der Waals surface area contributed by atoms with Crippen molar-refractivity contribution < 1.29 is 14.7 Å². The van der Waals surface area contributed by atoms with Crippen molar-refractivity contribution in [2.24, 2.45) is 10.1 Å². The molecule has 1 saturated carbocycles. The van der Waals surface area contributed by atoms with E-state index in [0.717, 1.165) is 44.0 Å². The molecule has 2 aromatic carbocycles. The summed E-state index contributed by atoms with van der Waals surface area (Å²) in [5, 5.41) is 26.8. The lowest BCUT2D eigenvalue weighted by molar-refractivity contribution is -0.142. The smallest absolute Gasteiger partial charge is 0.173 e. The summed E-state index contributed by atoms with van der Waals surface area (Å²) in [6.07, 6.45) is 6.89. The van der Waals surface area contributed by atoms with Gasteiger partial charge in [0.2, 0.25) is 0 Å². The Morgan fingerprint density at radius 1 is 1.10 bits per heavy atom. The van der Waals surface area contributed by atoms with Gasteiger partial charge in [0.15, 0.2) is 11.2 Å². The Morgan fingerprint density at radius 2 is 1.74 bits per heavy atom. The molecule has 0 amide bonds. The van der Waals surface area contributed by atoms with Crippen molar-refractivity contribution in [3.8, 4) is 11.5 Å². The van der Waals surface area contributed by atoms with Crippen LogP contribution in [0.3, 0.4) is 0 Å². The second-order valence-corrected chi connectivity index (χ2v) is 8.25. The molecule has 2 aromatic rings. The molecule has 0 aromatic heterocycles. The van der Waals surface area contributed by atoms with Gasteiger partial charge in [-0.1, -0.05) is 23.2 Å². The quantitative estimate of drug-likeness (QED) is 0.435. The molecule has 2 aliphatic rings. The first kappa shape index (κ1) is 21.3. The van der Waals surface area contributed by atoms with Crippen molar-refractivity contribution in [3.63, 3.8) is 0 Å². The molecule has 0 radical (unpaired) electrons. The summed E-state index contributed by atoms with van der Waals surface area (Å²) >= 11 is 5.92. The van der Waals surface area contributed by atoms with Gasteiger partial charge in [0.25, 0.3) is 0 Å². The third-order valence-electron chi connectivity index (χ3n) is 5.89. The largest absolute Gasteiger partial charge is 0.457 e. The Hall–Kier alpha value is -2.90.